The van der Waals surface area contributed by atoms with Crippen LogP contribution in [-0.4, -0.2) is 28.8 Å². The van der Waals surface area contributed by atoms with Gasteiger partial charge in [0.15, 0.2) is 0 Å². The lowest BCUT2D eigenvalue weighted by atomic mass is 9.85. The fourth-order valence-corrected chi connectivity index (χ4v) is 7.94. The van der Waals surface area contributed by atoms with Crippen LogP contribution in [0.4, 0.5) is 11.4 Å². The number of aliphatic imine (C=N–C) groups is 1. The molecule has 6 aromatic rings. The van der Waals surface area contributed by atoms with Gasteiger partial charge in [-0.2, -0.15) is 0 Å². The van der Waals surface area contributed by atoms with Crippen molar-refractivity contribution in [1.82, 2.24) is 0 Å². The summed E-state index contributed by atoms with van der Waals surface area (Å²) >= 11 is 0. The number of benzene rings is 6. The van der Waals surface area contributed by atoms with E-state index in [1.807, 2.05) is 45.9 Å². The lowest BCUT2D eigenvalue weighted by Gasteiger charge is -2.32. The Labute approximate surface area is 314 Å². The van der Waals surface area contributed by atoms with Crippen molar-refractivity contribution >= 4 is 49.9 Å². The molecule has 264 valence electrons. The van der Waals surface area contributed by atoms with Crippen LogP contribution in [0.1, 0.15) is 47.1 Å². The van der Waals surface area contributed by atoms with Gasteiger partial charge in [-0.15, -0.1) is 0 Å². The molecule has 0 amide bonds. The van der Waals surface area contributed by atoms with Crippen LogP contribution >= 0.6 is 0 Å². The molecule has 0 spiro atoms. The van der Waals surface area contributed by atoms with Crippen molar-refractivity contribution in [3.8, 4) is 11.1 Å². The van der Waals surface area contributed by atoms with Gasteiger partial charge in [0.05, 0.1) is 33.5 Å². The molecule has 7 nitrogen and oxygen atoms in total. The van der Waals surface area contributed by atoms with E-state index < -0.39 is 11.3 Å². The number of para-hydroxylation sites is 1. The van der Waals surface area contributed by atoms with Crippen LogP contribution in [0.2, 0.25) is 0 Å². The van der Waals surface area contributed by atoms with Crippen molar-refractivity contribution in [1.29, 1.82) is 5.41 Å². The van der Waals surface area contributed by atoms with Crippen LogP contribution in [0, 0.1) is 5.41 Å². The molecule has 0 bridgehead atoms. The summed E-state index contributed by atoms with van der Waals surface area (Å²) in [5.41, 5.74) is 6.10. The van der Waals surface area contributed by atoms with Gasteiger partial charge >= 0.3 is 0 Å². The smallest absolute Gasteiger partial charge is 0.146 e. The van der Waals surface area contributed by atoms with Crippen LogP contribution in [-0.2, 0) is 0 Å². The van der Waals surface area contributed by atoms with Crippen molar-refractivity contribution in [2.45, 2.75) is 58.9 Å². The quantitative estimate of drug-likeness (QED) is 0.137. The molecule has 0 atom stereocenters. The van der Waals surface area contributed by atoms with E-state index in [9.17, 15) is 5.41 Å². The molecule has 3 aliphatic rings. The summed E-state index contributed by atoms with van der Waals surface area (Å²) in [5.74, 6) is 0. The van der Waals surface area contributed by atoms with E-state index >= 15 is 0 Å². The first-order valence-corrected chi connectivity index (χ1v) is 18.6. The number of rotatable bonds is 6. The van der Waals surface area contributed by atoms with E-state index in [4.69, 9.17) is 25.0 Å². The van der Waals surface area contributed by atoms with Gasteiger partial charge in [0.1, 0.15) is 27.8 Å². The van der Waals surface area contributed by atoms with Crippen molar-refractivity contribution < 1.29 is 0 Å². The number of hydrogen-bond donors (Lipinski definition) is 1. The fraction of sp³-hybridized carbons (Fsp3) is 0.191. The topological polar surface area (TPSA) is 88.9 Å². The minimum atomic E-state index is -0.668. The Morgan fingerprint density at radius 1 is 0.611 bits per heavy atom. The number of fused-ring (bicyclic) bond motifs is 4. The van der Waals surface area contributed by atoms with Gasteiger partial charge in [0.25, 0.3) is 0 Å². The van der Waals surface area contributed by atoms with Crippen molar-refractivity contribution in [3.05, 3.63) is 160 Å². The Hall–Kier alpha value is -6.34. The zero-order valence-electron chi connectivity index (χ0n) is 31.4. The number of allylic oxidation sites excluding steroid dienone is 4. The molecular formula is C47H41N7. The van der Waals surface area contributed by atoms with E-state index in [2.05, 4.69) is 128 Å². The van der Waals surface area contributed by atoms with Crippen molar-refractivity contribution in [2.75, 3.05) is 4.90 Å². The van der Waals surface area contributed by atoms with Crippen LogP contribution in [0.25, 0.3) is 38.2 Å². The van der Waals surface area contributed by atoms with Gasteiger partial charge < -0.3 is 4.90 Å². The second-order valence-corrected chi connectivity index (χ2v) is 15.4. The average molecular weight is 704 g/mol. The van der Waals surface area contributed by atoms with Gasteiger partial charge in [0.2, 0.25) is 0 Å². The summed E-state index contributed by atoms with van der Waals surface area (Å²) in [6, 6.07) is 39.8. The molecule has 0 aromatic heterocycles. The van der Waals surface area contributed by atoms with Gasteiger partial charge in [-0.25, -0.2) is 0 Å². The minimum Gasteiger partial charge on any atom is -0.304 e. The maximum atomic E-state index is 10.1. The molecule has 9 rings (SSSR count). The highest BCUT2D eigenvalue weighted by atomic mass is 15.2. The normalized spacial score (nSPS) is 17.3. The van der Waals surface area contributed by atoms with Crippen molar-refractivity contribution in [3.63, 3.8) is 0 Å². The monoisotopic (exact) mass is 703 g/mol. The molecule has 0 radical (unpaired) electrons. The minimum absolute atomic E-state index is 0.0842. The zero-order chi connectivity index (χ0) is 37.4. The van der Waals surface area contributed by atoms with Gasteiger partial charge in [-0.3, -0.25) is 30.4 Å². The molecule has 6 aromatic carbocycles. The Balaban J connectivity index is 1.37. The first-order valence-electron chi connectivity index (χ1n) is 18.6. The predicted octanol–water partition coefficient (Wildman–Crippen LogP) is 8.63. The standard InChI is InChI=1S/C47H41N7/c1-28(2)49-44-38(26-24-35(41(44)48)40-32-19-12-10-17-30(32)27-31-18-11-13-20-33(31)40)54(37-22-14-21-36-43(37)52-46(3,4)50-36)39-25-23-34(29-15-8-7-9-16-29)42-45(39)53-47(5,6)51-42/h7-28,48H,1-6H3. The van der Waals surface area contributed by atoms with Crippen LogP contribution in [0.3, 0.4) is 0 Å². The van der Waals surface area contributed by atoms with E-state index in [0.29, 0.717) is 11.4 Å². The summed E-state index contributed by atoms with van der Waals surface area (Å²) < 4.78 is 0. The third-order valence-corrected chi connectivity index (χ3v) is 10.1. The van der Waals surface area contributed by atoms with E-state index in [0.717, 1.165) is 82.3 Å². The lowest BCUT2D eigenvalue weighted by molar-refractivity contribution is 0.549. The molecule has 1 N–H and O–H groups in total. The van der Waals surface area contributed by atoms with Gasteiger partial charge in [0, 0.05) is 17.2 Å². The highest BCUT2D eigenvalue weighted by Crippen LogP contribution is 2.38. The maximum Gasteiger partial charge on any atom is 0.146 e. The van der Waals surface area contributed by atoms with Crippen LogP contribution in [0.5, 0.6) is 0 Å². The fourth-order valence-electron chi connectivity index (χ4n) is 7.94. The number of nitrogens with zero attached hydrogens (tertiary/aromatic N) is 6. The number of anilines is 2. The SMILES string of the molecule is CC(C)N=C1C(=N)C(c2c3ccccc3cc3ccccc23)=CC=C1N(c1cccc2c1=NC(C)(C)N=2)c1ccc(-c2ccccc2)c2c1=NC(C)(C)N=2. The molecule has 2 aliphatic heterocycles. The van der Waals surface area contributed by atoms with E-state index in [1.165, 1.54) is 0 Å². The summed E-state index contributed by atoms with van der Waals surface area (Å²) in [4.78, 5) is 28.0. The summed E-state index contributed by atoms with van der Waals surface area (Å²) in [5, 5.41) is 17.8. The highest BCUT2D eigenvalue weighted by molar-refractivity contribution is 6.63. The first-order chi connectivity index (χ1) is 26.0. The molecule has 0 unspecified atom stereocenters. The highest BCUT2D eigenvalue weighted by Gasteiger charge is 2.33. The number of nitrogens with one attached hydrogen (secondary N) is 1. The second-order valence-electron chi connectivity index (χ2n) is 15.4. The number of hydrogen-bond acceptors (Lipinski definition) is 7. The molecule has 0 fully saturated rings. The van der Waals surface area contributed by atoms with E-state index in [1.54, 1.807) is 0 Å². The van der Waals surface area contributed by atoms with E-state index in [-0.39, 0.29) is 6.04 Å². The Morgan fingerprint density at radius 3 is 1.93 bits per heavy atom. The maximum absolute atomic E-state index is 10.1. The second kappa shape index (κ2) is 12.4. The Bertz CT molecular complexity index is 2880. The zero-order valence-corrected chi connectivity index (χ0v) is 31.4. The molecule has 0 saturated carbocycles. The molecular weight excluding hydrogens is 663 g/mol. The van der Waals surface area contributed by atoms with Crippen molar-refractivity contribution in [2.24, 2.45) is 25.0 Å². The molecule has 0 saturated heterocycles. The largest absolute Gasteiger partial charge is 0.304 e. The lowest BCUT2D eigenvalue weighted by Crippen LogP contribution is -2.40. The molecule has 1 aliphatic carbocycles. The Morgan fingerprint density at radius 2 is 1.22 bits per heavy atom. The summed E-state index contributed by atoms with van der Waals surface area (Å²) in [7, 11) is 0. The average Bonchev–Trinajstić information content (AvgIpc) is 3.66. The summed E-state index contributed by atoms with van der Waals surface area (Å²) in [6.45, 7) is 12.3. The van der Waals surface area contributed by atoms with Gasteiger partial charge in [-0.05, 0) is 117 Å². The van der Waals surface area contributed by atoms with Crippen LogP contribution < -0.4 is 26.3 Å². The third kappa shape index (κ3) is 5.59. The van der Waals surface area contributed by atoms with Gasteiger partial charge in [-0.1, -0.05) is 84.9 Å². The molecule has 7 heteroatoms. The molecule has 2 heterocycles. The Kier molecular flexibility index (Phi) is 7.68. The molecule has 54 heavy (non-hydrogen) atoms. The van der Waals surface area contributed by atoms with Crippen LogP contribution in [0.15, 0.2) is 158 Å². The summed E-state index contributed by atoms with van der Waals surface area (Å²) in [6.07, 6.45) is 4.22. The first kappa shape index (κ1) is 33.5. The third-order valence-electron chi connectivity index (χ3n) is 10.1. The predicted molar refractivity (Wildman–Crippen MR) is 221 cm³/mol.